The van der Waals surface area contributed by atoms with E-state index in [-0.39, 0.29) is 6.04 Å². The molecule has 106 valence electrons. The third-order valence-corrected chi connectivity index (χ3v) is 3.73. The zero-order valence-electron chi connectivity index (χ0n) is 12.7. The Balaban J connectivity index is 2.04. The molecule has 0 aliphatic rings. The summed E-state index contributed by atoms with van der Waals surface area (Å²) in [6.07, 6.45) is 0. The Kier molecular flexibility index (Phi) is 4.46. The molecular formula is C18H23NO. The Morgan fingerprint density at radius 2 is 1.65 bits per heavy atom. The molecule has 0 radical (unpaired) electrons. The average molecular weight is 269 g/mol. The van der Waals surface area contributed by atoms with Gasteiger partial charge in [-0.2, -0.15) is 0 Å². The molecule has 2 nitrogen and oxygen atoms in total. The molecule has 0 fully saturated rings. The summed E-state index contributed by atoms with van der Waals surface area (Å²) in [4.78, 5) is 0. The van der Waals surface area contributed by atoms with Gasteiger partial charge in [0.25, 0.3) is 0 Å². The Bertz CT molecular complexity index is 604. The van der Waals surface area contributed by atoms with Gasteiger partial charge in [-0.3, -0.25) is 0 Å². The van der Waals surface area contributed by atoms with Crippen LogP contribution in [0.3, 0.4) is 0 Å². The van der Waals surface area contributed by atoms with E-state index in [2.05, 4.69) is 58.0 Å². The van der Waals surface area contributed by atoms with E-state index in [1.54, 1.807) is 0 Å². The Morgan fingerprint density at radius 1 is 0.900 bits per heavy atom. The van der Waals surface area contributed by atoms with E-state index in [1.165, 1.54) is 22.3 Å². The van der Waals surface area contributed by atoms with Crippen molar-refractivity contribution in [3.05, 3.63) is 64.2 Å². The number of hydrogen-bond acceptors (Lipinski definition) is 2. The number of ether oxygens (including phenoxy) is 1. The third-order valence-electron chi connectivity index (χ3n) is 3.73. The van der Waals surface area contributed by atoms with E-state index in [0.717, 1.165) is 11.3 Å². The van der Waals surface area contributed by atoms with Crippen molar-refractivity contribution in [1.29, 1.82) is 0 Å². The highest BCUT2D eigenvalue weighted by Gasteiger charge is 2.10. The van der Waals surface area contributed by atoms with Crippen molar-refractivity contribution in [3.63, 3.8) is 0 Å². The maximum atomic E-state index is 6.24. The van der Waals surface area contributed by atoms with Crippen LogP contribution in [-0.4, -0.2) is 6.61 Å². The standard InChI is InChI=1S/C18H23NO/c1-12-5-8-17(15(4)9-12)18(19)11-20-16-7-6-13(2)14(3)10-16/h5-10,18H,11,19H2,1-4H3. The molecule has 0 aliphatic heterocycles. The first kappa shape index (κ1) is 14.6. The Morgan fingerprint density at radius 3 is 2.30 bits per heavy atom. The van der Waals surface area contributed by atoms with Gasteiger partial charge in [-0.1, -0.05) is 29.8 Å². The van der Waals surface area contributed by atoms with E-state index < -0.39 is 0 Å². The first-order valence-electron chi connectivity index (χ1n) is 7.00. The lowest BCUT2D eigenvalue weighted by Gasteiger charge is -2.16. The second-order valence-corrected chi connectivity index (χ2v) is 5.52. The molecule has 0 saturated carbocycles. The number of aryl methyl sites for hydroxylation is 4. The summed E-state index contributed by atoms with van der Waals surface area (Å²) in [6.45, 7) is 8.87. The lowest BCUT2D eigenvalue weighted by Crippen LogP contribution is -2.20. The molecule has 2 rings (SSSR count). The van der Waals surface area contributed by atoms with Crippen LogP contribution in [0, 0.1) is 27.7 Å². The summed E-state index contributed by atoms with van der Waals surface area (Å²) in [7, 11) is 0. The first-order valence-corrected chi connectivity index (χ1v) is 7.00. The van der Waals surface area contributed by atoms with Gasteiger partial charge >= 0.3 is 0 Å². The molecule has 2 aromatic rings. The lowest BCUT2D eigenvalue weighted by molar-refractivity contribution is 0.290. The van der Waals surface area contributed by atoms with Gasteiger partial charge in [0, 0.05) is 0 Å². The number of rotatable bonds is 4. The molecule has 2 aromatic carbocycles. The van der Waals surface area contributed by atoms with Gasteiger partial charge in [0.1, 0.15) is 12.4 Å². The van der Waals surface area contributed by atoms with Crippen LogP contribution in [0.15, 0.2) is 36.4 Å². The number of hydrogen-bond donors (Lipinski definition) is 1. The highest BCUT2D eigenvalue weighted by molar-refractivity contribution is 5.35. The van der Waals surface area contributed by atoms with Crippen LogP contribution in [-0.2, 0) is 0 Å². The zero-order valence-corrected chi connectivity index (χ0v) is 12.7. The van der Waals surface area contributed by atoms with E-state index in [9.17, 15) is 0 Å². The van der Waals surface area contributed by atoms with Crippen molar-refractivity contribution in [1.82, 2.24) is 0 Å². The monoisotopic (exact) mass is 269 g/mol. The molecule has 0 heterocycles. The van der Waals surface area contributed by atoms with Crippen molar-refractivity contribution in [2.75, 3.05) is 6.61 Å². The number of nitrogens with two attached hydrogens (primary N) is 1. The van der Waals surface area contributed by atoms with Gasteiger partial charge in [0.2, 0.25) is 0 Å². The molecular weight excluding hydrogens is 246 g/mol. The molecule has 2 N–H and O–H groups in total. The van der Waals surface area contributed by atoms with Gasteiger partial charge < -0.3 is 10.5 Å². The van der Waals surface area contributed by atoms with Crippen LogP contribution in [0.2, 0.25) is 0 Å². The smallest absolute Gasteiger partial charge is 0.119 e. The van der Waals surface area contributed by atoms with Crippen molar-refractivity contribution in [2.24, 2.45) is 5.73 Å². The molecule has 2 heteroatoms. The van der Waals surface area contributed by atoms with Crippen LogP contribution in [0.25, 0.3) is 0 Å². The molecule has 0 saturated heterocycles. The molecule has 0 bridgehead atoms. The van der Waals surface area contributed by atoms with Gasteiger partial charge in [-0.05, 0) is 62.1 Å². The molecule has 1 unspecified atom stereocenters. The minimum absolute atomic E-state index is 0.0998. The van der Waals surface area contributed by atoms with Gasteiger partial charge in [-0.15, -0.1) is 0 Å². The summed E-state index contributed by atoms with van der Waals surface area (Å²) in [6, 6.07) is 12.4. The first-order chi connectivity index (χ1) is 9.47. The molecule has 1 atom stereocenters. The molecule has 0 spiro atoms. The topological polar surface area (TPSA) is 35.2 Å². The summed E-state index contributed by atoms with van der Waals surface area (Å²) in [5, 5.41) is 0. The number of benzene rings is 2. The van der Waals surface area contributed by atoms with E-state index >= 15 is 0 Å². The van der Waals surface area contributed by atoms with Crippen molar-refractivity contribution in [3.8, 4) is 5.75 Å². The van der Waals surface area contributed by atoms with E-state index in [4.69, 9.17) is 10.5 Å². The van der Waals surface area contributed by atoms with Gasteiger partial charge in [-0.25, -0.2) is 0 Å². The summed E-state index contributed by atoms with van der Waals surface area (Å²) in [5.74, 6) is 0.883. The molecule has 0 aromatic heterocycles. The second kappa shape index (κ2) is 6.10. The van der Waals surface area contributed by atoms with E-state index in [1.807, 2.05) is 6.07 Å². The summed E-state index contributed by atoms with van der Waals surface area (Å²) in [5.41, 5.74) is 12.4. The Labute approximate surface area is 121 Å². The van der Waals surface area contributed by atoms with Crippen molar-refractivity contribution in [2.45, 2.75) is 33.7 Å². The quantitative estimate of drug-likeness (QED) is 0.910. The fourth-order valence-electron chi connectivity index (χ4n) is 2.32. The van der Waals surface area contributed by atoms with Crippen LogP contribution in [0.1, 0.15) is 33.9 Å². The maximum Gasteiger partial charge on any atom is 0.119 e. The van der Waals surface area contributed by atoms with Crippen LogP contribution in [0.4, 0.5) is 0 Å². The van der Waals surface area contributed by atoms with Crippen molar-refractivity contribution < 1.29 is 4.74 Å². The maximum absolute atomic E-state index is 6.24. The van der Waals surface area contributed by atoms with Crippen LogP contribution >= 0.6 is 0 Å². The minimum Gasteiger partial charge on any atom is -0.492 e. The fourth-order valence-corrected chi connectivity index (χ4v) is 2.32. The minimum atomic E-state index is -0.0998. The fraction of sp³-hybridized carbons (Fsp3) is 0.333. The second-order valence-electron chi connectivity index (χ2n) is 5.52. The van der Waals surface area contributed by atoms with Crippen LogP contribution in [0.5, 0.6) is 5.75 Å². The normalized spacial score (nSPS) is 12.2. The molecule has 0 aliphatic carbocycles. The van der Waals surface area contributed by atoms with Gasteiger partial charge in [0.05, 0.1) is 6.04 Å². The average Bonchev–Trinajstić information content (AvgIpc) is 2.40. The SMILES string of the molecule is Cc1ccc(C(N)COc2ccc(C)c(C)c2)c(C)c1. The highest BCUT2D eigenvalue weighted by Crippen LogP contribution is 2.20. The predicted molar refractivity (Wildman–Crippen MR) is 84.3 cm³/mol. The van der Waals surface area contributed by atoms with Gasteiger partial charge in [0.15, 0.2) is 0 Å². The predicted octanol–water partition coefficient (Wildman–Crippen LogP) is 4.00. The third kappa shape index (κ3) is 3.40. The highest BCUT2D eigenvalue weighted by atomic mass is 16.5. The van der Waals surface area contributed by atoms with Crippen LogP contribution < -0.4 is 10.5 Å². The lowest BCUT2D eigenvalue weighted by atomic mass is 10.0. The van der Waals surface area contributed by atoms with Crippen molar-refractivity contribution >= 4 is 0 Å². The summed E-state index contributed by atoms with van der Waals surface area (Å²) < 4.78 is 5.82. The molecule has 0 amide bonds. The Hall–Kier alpha value is -1.80. The largest absolute Gasteiger partial charge is 0.492 e. The molecule has 20 heavy (non-hydrogen) atoms. The zero-order chi connectivity index (χ0) is 14.7. The van der Waals surface area contributed by atoms with E-state index in [0.29, 0.717) is 6.61 Å². The summed E-state index contributed by atoms with van der Waals surface area (Å²) >= 11 is 0.